The molecule has 0 aromatic rings. The minimum atomic E-state index is -0.164. The summed E-state index contributed by atoms with van der Waals surface area (Å²) in [6.07, 6.45) is 5.48. The third kappa shape index (κ3) is 4.63. The van der Waals surface area contributed by atoms with E-state index in [-0.39, 0.29) is 6.10 Å². The quantitative estimate of drug-likeness (QED) is 0.730. The van der Waals surface area contributed by atoms with Gasteiger partial charge in [0.25, 0.3) is 0 Å². The molecule has 1 saturated heterocycles. The van der Waals surface area contributed by atoms with E-state index in [0.29, 0.717) is 12.0 Å². The maximum atomic E-state index is 9.69. The van der Waals surface area contributed by atoms with Crippen molar-refractivity contribution in [3.05, 3.63) is 0 Å². The van der Waals surface area contributed by atoms with Crippen LogP contribution in [0.2, 0.25) is 0 Å². The minimum absolute atomic E-state index is 0.164. The van der Waals surface area contributed by atoms with E-state index in [4.69, 9.17) is 4.74 Å². The summed E-state index contributed by atoms with van der Waals surface area (Å²) in [5, 5.41) is 9.69. The highest BCUT2D eigenvalue weighted by Gasteiger charge is 2.18. The normalized spacial score (nSPS) is 26.3. The summed E-state index contributed by atoms with van der Waals surface area (Å²) in [5.41, 5.74) is 0. The lowest BCUT2D eigenvalue weighted by atomic mass is 9.98. The Morgan fingerprint density at radius 1 is 1.38 bits per heavy atom. The van der Waals surface area contributed by atoms with Crippen LogP contribution in [0.1, 0.15) is 46.0 Å². The first-order valence-electron chi connectivity index (χ1n) is 5.48. The second-order valence-electron chi connectivity index (χ2n) is 4.51. The van der Waals surface area contributed by atoms with Crippen LogP contribution in [0.3, 0.4) is 0 Å². The number of aliphatic hydroxyl groups is 1. The van der Waals surface area contributed by atoms with Crippen molar-refractivity contribution < 1.29 is 9.84 Å². The summed E-state index contributed by atoms with van der Waals surface area (Å²) in [5.74, 6) is 0.582. The van der Waals surface area contributed by atoms with Gasteiger partial charge in [-0.25, -0.2) is 0 Å². The van der Waals surface area contributed by atoms with Crippen molar-refractivity contribution >= 4 is 0 Å². The van der Waals surface area contributed by atoms with Gasteiger partial charge in [-0.15, -0.1) is 0 Å². The lowest BCUT2D eigenvalue weighted by Gasteiger charge is -2.25. The van der Waals surface area contributed by atoms with E-state index in [2.05, 4.69) is 13.8 Å². The van der Waals surface area contributed by atoms with Crippen molar-refractivity contribution in [2.45, 2.75) is 58.2 Å². The average molecular weight is 186 g/mol. The molecular weight excluding hydrogens is 164 g/mol. The van der Waals surface area contributed by atoms with Crippen LogP contribution in [0, 0.1) is 5.92 Å². The second kappa shape index (κ2) is 5.61. The van der Waals surface area contributed by atoms with Crippen LogP contribution < -0.4 is 0 Å². The van der Waals surface area contributed by atoms with Crippen LogP contribution in [-0.4, -0.2) is 23.9 Å². The van der Waals surface area contributed by atoms with Gasteiger partial charge >= 0.3 is 0 Å². The van der Waals surface area contributed by atoms with Crippen molar-refractivity contribution in [1.82, 2.24) is 0 Å². The highest BCUT2D eigenvalue weighted by molar-refractivity contribution is 4.69. The Morgan fingerprint density at radius 3 is 2.69 bits per heavy atom. The first-order chi connectivity index (χ1) is 6.18. The number of aliphatic hydroxyl groups excluding tert-OH is 1. The molecule has 2 atom stereocenters. The van der Waals surface area contributed by atoms with Gasteiger partial charge < -0.3 is 9.84 Å². The molecule has 2 unspecified atom stereocenters. The van der Waals surface area contributed by atoms with E-state index >= 15 is 0 Å². The zero-order chi connectivity index (χ0) is 9.68. The van der Waals surface area contributed by atoms with Gasteiger partial charge in [0.2, 0.25) is 0 Å². The molecule has 1 N–H and O–H groups in total. The van der Waals surface area contributed by atoms with Crippen molar-refractivity contribution in [3.63, 3.8) is 0 Å². The molecular formula is C11H22O2. The predicted molar refractivity (Wildman–Crippen MR) is 53.7 cm³/mol. The molecule has 1 heterocycles. The van der Waals surface area contributed by atoms with E-state index in [1.165, 1.54) is 12.8 Å². The molecule has 0 aromatic carbocycles. The fraction of sp³-hybridized carbons (Fsp3) is 1.00. The van der Waals surface area contributed by atoms with Crippen molar-refractivity contribution in [1.29, 1.82) is 0 Å². The van der Waals surface area contributed by atoms with Gasteiger partial charge in [-0.05, 0) is 38.0 Å². The SMILES string of the molecule is CC(C)CC(O)CC1CCCCO1. The minimum Gasteiger partial charge on any atom is -0.393 e. The molecule has 0 spiro atoms. The van der Waals surface area contributed by atoms with Gasteiger partial charge in [0.1, 0.15) is 0 Å². The van der Waals surface area contributed by atoms with Crippen molar-refractivity contribution in [3.8, 4) is 0 Å². The lowest BCUT2D eigenvalue weighted by Crippen LogP contribution is -2.25. The van der Waals surface area contributed by atoms with Crippen LogP contribution in [0.15, 0.2) is 0 Å². The number of rotatable bonds is 4. The molecule has 0 amide bonds. The molecule has 1 aliphatic heterocycles. The fourth-order valence-corrected chi connectivity index (χ4v) is 1.94. The predicted octanol–water partition coefficient (Wildman–Crippen LogP) is 2.35. The Hall–Kier alpha value is -0.0800. The molecule has 1 rings (SSSR count). The number of hydrogen-bond acceptors (Lipinski definition) is 2. The van der Waals surface area contributed by atoms with Gasteiger partial charge in [-0.2, -0.15) is 0 Å². The van der Waals surface area contributed by atoms with Gasteiger partial charge in [-0.3, -0.25) is 0 Å². The van der Waals surface area contributed by atoms with Gasteiger partial charge in [-0.1, -0.05) is 13.8 Å². The van der Waals surface area contributed by atoms with E-state index in [1.54, 1.807) is 0 Å². The maximum absolute atomic E-state index is 9.69. The standard InChI is InChI=1S/C11H22O2/c1-9(2)7-10(12)8-11-5-3-4-6-13-11/h9-12H,3-8H2,1-2H3. The zero-order valence-corrected chi connectivity index (χ0v) is 8.83. The molecule has 13 heavy (non-hydrogen) atoms. The van der Waals surface area contributed by atoms with Gasteiger partial charge in [0, 0.05) is 6.61 Å². The zero-order valence-electron chi connectivity index (χ0n) is 8.83. The van der Waals surface area contributed by atoms with Crippen molar-refractivity contribution in [2.24, 2.45) is 5.92 Å². The molecule has 0 radical (unpaired) electrons. The Labute approximate surface area is 81.3 Å². The monoisotopic (exact) mass is 186 g/mol. The molecule has 1 fully saturated rings. The third-order valence-electron chi connectivity index (χ3n) is 2.55. The molecule has 0 aliphatic carbocycles. The van der Waals surface area contributed by atoms with E-state index in [1.807, 2.05) is 0 Å². The molecule has 0 bridgehead atoms. The second-order valence-corrected chi connectivity index (χ2v) is 4.51. The summed E-state index contributed by atoms with van der Waals surface area (Å²) in [6.45, 7) is 5.18. The van der Waals surface area contributed by atoms with E-state index < -0.39 is 0 Å². The molecule has 1 aliphatic rings. The summed E-state index contributed by atoms with van der Waals surface area (Å²) in [4.78, 5) is 0. The van der Waals surface area contributed by atoms with Crippen LogP contribution in [0.4, 0.5) is 0 Å². The van der Waals surface area contributed by atoms with E-state index in [9.17, 15) is 5.11 Å². The van der Waals surface area contributed by atoms with Crippen LogP contribution in [0.5, 0.6) is 0 Å². The summed E-state index contributed by atoms with van der Waals surface area (Å²) in [7, 11) is 0. The summed E-state index contributed by atoms with van der Waals surface area (Å²) in [6, 6.07) is 0. The Bertz CT molecular complexity index is 128. The van der Waals surface area contributed by atoms with Gasteiger partial charge in [0.15, 0.2) is 0 Å². The molecule has 0 aromatic heterocycles. The van der Waals surface area contributed by atoms with Crippen LogP contribution >= 0.6 is 0 Å². The summed E-state index contributed by atoms with van der Waals surface area (Å²) >= 11 is 0. The van der Waals surface area contributed by atoms with Crippen LogP contribution in [-0.2, 0) is 4.74 Å². The number of hydrogen-bond donors (Lipinski definition) is 1. The first-order valence-corrected chi connectivity index (χ1v) is 5.48. The van der Waals surface area contributed by atoms with Gasteiger partial charge in [0.05, 0.1) is 12.2 Å². The molecule has 2 nitrogen and oxygen atoms in total. The molecule has 0 saturated carbocycles. The largest absolute Gasteiger partial charge is 0.393 e. The Kier molecular flexibility index (Phi) is 4.74. The number of ether oxygens (including phenoxy) is 1. The molecule has 78 valence electrons. The van der Waals surface area contributed by atoms with Crippen molar-refractivity contribution in [2.75, 3.05) is 6.61 Å². The average Bonchev–Trinajstić information content (AvgIpc) is 2.04. The maximum Gasteiger partial charge on any atom is 0.0599 e. The Morgan fingerprint density at radius 2 is 2.15 bits per heavy atom. The Balaban J connectivity index is 2.14. The third-order valence-corrected chi connectivity index (χ3v) is 2.55. The highest BCUT2D eigenvalue weighted by Crippen LogP contribution is 2.19. The smallest absolute Gasteiger partial charge is 0.0599 e. The lowest BCUT2D eigenvalue weighted by molar-refractivity contribution is -0.0184. The summed E-state index contributed by atoms with van der Waals surface area (Å²) < 4.78 is 5.57. The topological polar surface area (TPSA) is 29.5 Å². The van der Waals surface area contributed by atoms with E-state index in [0.717, 1.165) is 25.9 Å². The van der Waals surface area contributed by atoms with Crippen LogP contribution in [0.25, 0.3) is 0 Å². The fourth-order valence-electron chi connectivity index (χ4n) is 1.94. The molecule has 2 heteroatoms. The highest BCUT2D eigenvalue weighted by atomic mass is 16.5. The first kappa shape index (κ1) is 11.0.